The van der Waals surface area contributed by atoms with Crippen LogP contribution in [0, 0.1) is 0 Å². The SMILES string of the molecule is COc1ccc(C(C)(C)C)cc1/C(O)=C1\C(=O)C(=O)N(c2ccc(N3CCCCC3)cc2)C1c1cccnc1. The molecule has 39 heavy (non-hydrogen) atoms. The first-order valence-corrected chi connectivity index (χ1v) is 13.5. The van der Waals surface area contributed by atoms with Crippen LogP contribution >= 0.6 is 0 Å². The summed E-state index contributed by atoms with van der Waals surface area (Å²) in [6.45, 7) is 8.23. The summed E-state index contributed by atoms with van der Waals surface area (Å²) in [6, 6.07) is 16.0. The van der Waals surface area contributed by atoms with E-state index in [1.54, 1.807) is 24.5 Å². The first kappa shape index (κ1) is 26.5. The van der Waals surface area contributed by atoms with Crippen molar-refractivity contribution in [1.82, 2.24) is 4.98 Å². The van der Waals surface area contributed by atoms with Gasteiger partial charge in [-0.15, -0.1) is 0 Å². The smallest absolute Gasteiger partial charge is 0.300 e. The molecule has 2 fully saturated rings. The number of aliphatic hydroxyl groups excluding tert-OH is 1. The molecule has 1 atom stereocenters. The quantitative estimate of drug-likeness (QED) is 0.250. The van der Waals surface area contributed by atoms with E-state index in [0.717, 1.165) is 37.2 Å². The molecule has 7 nitrogen and oxygen atoms in total. The van der Waals surface area contributed by atoms with Crippen molar-refractivity contribution in [3.63, 3.8) is 0 Å². The Hall–Kier alpha value is -4.13. The number of nitrogens with zero attached hydrogens (tertiary/aromatic N) is 3. The number of carbonyl (C=O) groups excluding carboxylic acids is 2. The number of rotatable bonds is 5. The predicted molar refractivity (Wildman–Crippen MR) is 153 cm³/mol. The van der Waals surface area contributed by atoms with Gasteiger partial charge in [0.2, 0.25) is 0 Å². The van der Waals surface area contributed by atoms with Crippen LogP contribution in [0.1, 0.15) is 62.8 Å². The molecule has 7 heteroatoms. The summed E-state index contributed by atoms with van der Waals surface area (Å²) >= 11 is 0. The van der Waals surface area contributed by atoms with Crippen LogP contribution in [0.5, 0.6) is 5.75 Å². The molecule has 0 bridgehead atoms. The summed E-state index contributed by atoms with van der Waals surface area (Å²) in [6.07, 6.45) is 6.84. The second kappa shape index (κ2) is 10.6. The molecule has 5 rings (SSSR count). The Morgan fingerprint density at radius 2 is 1.67 bits per heavy atom. The molecule has 1 aromatic heterocycles. The summed E-state index contributed by atoms with van der Waals surface area (Å²) in [5.41, 5.74) is 3.45. The highest BCUT2D eigenvalue weighted by molar-refractivity contribution is 6.51. The number of ether oxygens (including phenoxy) is 1. The largest absolute Gasteiger partial charge is 0.507 e. The zero-order valence-electron chi connectivity index (χ0n) is 23.0. The van der Waals surface area contributed by atoms with Crippen molar-refractivity contribution in [2.24, 2.45) is 0 Å². The van der Waals surface area contributed by atoms with Crippen molar-refractivity contribution in [1.29, 1.82) is 0 Å². The molecule has 2 saturated heterocycles. The van der Waals surface area contributed by atoms with E-state index in [1.165, 1.54) is 18.4 Å². The van der Waals surface area contributed by atoms with Crippen molar-refractivity contribution in [2.75, 3.05) is 30.0 Å². The average molecular weight is 526 g/mol. The summed E-state index contributed by atoms with van der Waals surface area (Å²) in [5.74, 6) is -1.29. The highest BCUT2D eigenvalue weighted by Crippen LogP contribution is 2.44. The zero-order chi connectivity index (χ0) is 27.7. The molecular formula is C32H35N3O4. The Kier molecular flexibility index (Phi) is 7.17. The molecule has 1 amide bonds. The van der Waals surface area contributed by atoms with Crippen LogP contribution in [0.15, 0.2) is 72.6 Å². The Balaban J connectivity index is 1.64. The van der Waals surface area contributed by atoms with Gasteiger partial charge in [-0.25, -0.2) is 0 Å². The molecular weight excluding hydrogens is 490 g/mol. The van der Waals surface area contributed by atoms with Crippen LogP contribution < -0.4 is 14.5 Å². The van der Waals surface area contributed by atoms with E-state index in [0.29, 0.717) is 22.6 Å². The number of piperidine rings is 1. The number of Topliss-reactive ketones (excluding diaryl/α,β-unsaturated/α-hetero) is 1. The molecule has 0 radical (unpaired) electrons. The number of anilines is 2. The normalized spacial score (nSPS) is 19.4. The lowest BCUT2D eigenvalue weighted by atomic mass is 9.85. The van der Waals surface area contributed by atoms with E-state index in [2.05, 4.69) is 30.7 Å². The molecule has 2 aliphatic rings. The molecule has 0 saturated carbocycles. The minimum atomic E-state index is -0.845. The second-order valence-corrected chi connectivity index (χ2v) is 11.2. The number of methoxy groups -OCH3 is 1. The van der Waals surface area contributed by atoms with Crippen molar-refractivity contribution in [3.05, 3.63) is 89.3 Å². The molecule has 3 aromatic rings. The number of hydrogen-bond donors (Lipinski definition) is 1. The summed E-state index contributed by atoms with van der Waals surface area (Å²) < 4.78 is 5.56. The maximum absolute atomic E-state index is 13.6. The van der Waals surface area contributed by atoms with E-state index in [1.807, 2.05) is 42.5 Å². The van der Waals surface area contributed by atoms with E-state index in [4.69, 9.17) is 4.74 Å². The van der Waals surface area contributed by atoms with Crippen molar-refractivity contribution in [3.8, 4) is 5.75 Å². The van der Waals surface area contributed by atoms with Gasteiger partial charge >= 0.3 is 0 Å². The van der Waals surface area contributed by atoms with Gasteiger partial charge in [-0.05, 0) is 78.3 Å². The standard InChI is InChI=1S/C32H35N3O4/c1-32(2,3)22-10-15-26(39-4)25(19-22)29(36)27-28(21-9-8-16-33-20-21)35(31(38)30(27)37)24-13-11-23(12-14-24)34-17-6-5-7-18-34/h8-16,19-20,28,36H,5-7,17-18H2,1-4H3/b29-27+. The van der Waals surface area contributed by atoms with E-state index in [9.17, 15) is 14.7 Å². The Morgan fingerprint density at radius 3 is 2.28 bits per heavy atom. The van der Waals surface area contributed by atoms with Gasteiger partial charge in [0, 0.05) is 36.9 Å². The fourth-order valence-corrected chi connectivity index (χ4v) is 5.43. The molecule has 1 unspecified atom stereocenters. The summed E-state index contributed by atoms with van der Waals surface area (Å²) in [7, 11) is 1.52. The minimum Gasteiger partial charge on any atom is -0.507 e. The average Bonchev–Trinajstić information content (AvgIpc) is 3.22. The van der Waals surface area contributed by atoms with Crippen molar-refractivity contribution >= 4 is 28.8 Å². The third-order valence-corrected chi connectivity index (χ3v) is 7.61. The number of amides is 1. The van der Waals surface area contributed by atoms with E-state index in [-0.39, 0.29) is 16.7 Å². The Bertz CT molecular complexity index is 1400. The number of hydrogen-bond acceptors (Lipinski definition) is 6. The van der Waals surface area contributed by atoms with Gasteiger partial charge < -0.3 is 14.7 Å². The van der Waals surface area contributed by atoms with Crippen LogP contribution in [0.2, 0.25) is 0 Å². The maximum atomic E-state index is 13.6. The molecule has 202 valence electrons. The molecule has 1 N–H and O–H groups in total. The number of ketones is 1. The Morgan fingerprint density at radius 1 is 0.974 bits per heavy atom. The van der Waals surface area contributed by atoms with Gasteiger partial charge in [-0.1, -0.05) is 32.9 Å². The molecule has 0 spiro atoms. The summed E-state index contributed by atoms with van der Waals surface area (Å²) in [5, 5.41) is 11.7. The number of benzene rings is 2. The molecule has 3 heterocycles. The van der Waals surface area contributed by atoms with Crippen LogP contribution in [0.3, 0.4) is 0 Å². The number of aromatic nitrogens is 1. The highest BCUT2D eigenvalue weighted by atomic mass is 16.5. The number of aliphatic hydroxyl groups is 1. The first-order chi connectivity index (χ1) is 18.7. The highest BCUT2D eigenvalue weighted by Gasteiger charge is 2.47. The first-order valence-electron chi connectivity index (χ1n) is 13.5. The number of carbonyl (C=O) groups is 2. The number of pyridine rings is 1. The summed E-state index contributed by atoms with van der Waals surface area (Å²) in [4.78, 5) is 35.2. The monoisotopic (exact) mass is 525 g/mol. The van der Waals surface area contributed by atoms with Crippen LogP contribution in [-0.2, 0) is 15.0 Å². The second-order valence-electron chi connectivity index (χ2n) is 11.2. The molecule has 0 aliphatic carbocycles. The predicted octanol–water partition coefficient (Wildman–Crippen LogP) is 6.00. The molecule has 2 aliphatic heterocycles. The van der Waals surface area contributed by atoms with Crippen LogP contribution in [-0.4, -0.2) is 42.0 Å². The van der Waals surface area contributed by atoms with E-state index < -0.39 is 17.7 Å². The molecule has 2 aromatic carbocycles. The minimum absolute atomic E-state index is 0.0115. The lowest BCUT2D eigenvalue weighted by Gasteiger charge is -2.30. The maximum Gasteiger partial charge on any atom is 0.300 e. The van der Waals surface area contributed by atoms with Crippen molar-refractivity contribution < 1.29 is 19.4 Å². The van der Waals surface area contributed by atoms with Crippen molar-refractivity contribution in [2.45, 2.75) is 51.5 Å². The Labute approximate surface area is 229 Å². The third-order valence-electron chi connectivity index (χ3n) is 7.61. The van der Waals surface area contributed by atoms with Gasteiger partial charge in [0.1, 0.15) is 11.5 Å². The van der Waals surface area contributed by atoms with Gasteiger partial charge in [0.25, 0.3) is 11.7 Å². The fraction of sp³-hybridized carbons (Fsp3) is 0.344. The van der Waals surface area contributed by atoms with Gasteiger partial charge in [0.15, 0.2) is 0 Å². The fourth-order valence-electron chi connectivity index (χ4n) is 5.43. The van der Waals surface area contributed by atoms with Gasteiger partial charge in [0.05, 0.1) is 24.3 Å². The topological polar surface area (TPSA) is 83.0 Å². The van der Waals surface area contributed by atoms with E-state index >= 15 is 0 Å². The van der Waals surface area contributed by atoms with Gasteiger partial charge in [-0.3, -0.25) is 19.5 Å². The van der Waals surface area contributed by atoms with Gasteiger partial charge in [-0.2, -0.15) is 0 Å². The zero-order valence-corrected chi connectivity index (χ0v) is 23.0. The van der Waals surface area contributed by atoms with Crippen LogP contribution in [0.4, 0.5) is 11.4 Å². The lowest BCUT2D eigenvalue weighted by molar-refractivity contribution is -0.132. The third kappa shape index (κ3) is 5.01. The lowest BCUT2D eigenvalue weighted by Crippen LogP contribution is -2.30. The van der Waals surface area contributed by atoms with Crippen LogP contribution in [0.25, 0.3) is 5.76 Å².